The molecule has 0 radical (unpaired) electrons. The van der Waals surface area contributed by atoms with Crippen LogP contribution in [0.1, 0.15) is 0 Å². The van der Waals surface area contributed by atoms with Crippen LogP contribution < -0.4 is 0 Å². The van der Waals surface area contributed by atoms with E-state index in [1.54, 1.807) is 0 Å². The quantitative estimate of drug-likeness (QED) is 0.179. The Morgan fingerprint density at radius 2 is 1.00 bits per heavy atom. The molecule has 0 saturated carbocycles. The third kappa shape index (κ3) is 5.03. The van der Waals surface area contributed by atoms with E-state index in [1.165, 1.54) is 43.4 Å². The first-order chi connectivity index (χ1) is 27.3. The monoisotopic (exact) mass is 700 g/mol. The average Bonchev–Trinajstić information content (AvgIpc) is 3.61. The molecule has 0 amide bonds. The van der Waals surface area contributed by atoms with Gasteiger partial charge >= 0.3 is 0 Å². The number of rotatable bonds is 5. The molecule has 0 fully saturated rings. The van der Waals surface area contributed by atoms with Crippen molar-refractivity contribution in [3.63, 3.8) is 0 Å². The molecular formula is C51H32N4. The minimum absolute atomic E-state index is 0.842. The van der Waals surface area contributed by atoms with Crippen LogP contribution in [-0.2, 0) is 0 Å². The minimum atomic E-state index is 0.842. The van der Waals surface area contributed by atoms with Crippen LogP contribution in [0.15, 0.2) is 194 Å². The maximum atomic E-state index is 5.35. The first-order valence-electron chi connectivity index (χ1n) is 18.6. The molecule has 11 aromatic rings. The molecule has 0 aliphatic rings. The zero-order valence-electron chi connectivity index (χ0n) is 29.8. The van der Waals surface area contributed by atoms with Gasteiger partial charge in [-0.2, -0.15) is 0 Å². The average molecular weight is 701 g/mol. The summed E-state index contributed by atoms with van der Waals surface area (Å²) in [5, 5.41) is 7.39. The smallest absolute Gasteiger partial charge is 0.137 e. The summed E-state index contributed by atoms with van der Waals surface area (Å²) >= 11 is 0. The van der Waals surface area contributed by atoms with E-state index < -0.39 is 0 Å². The van der Waals surface area contributed by atoms with Crippen LogP contribution in [0.2, 0.25) is 0 Å². The molecule has 3 heterocycles. The van der Waals surface area contributed by atoms with Crippen LogP contribution in [0.3, 0.4) is 0 Å². The van der Waals surface area contributed by atoms with Crippen molar-refractivity contribution >= 4 is 54.4 Å². The Hall–Kier alpha value is -7.43. The highest BCUT2D eigenvalue weighted by atomic mass is 15.1. The molecule has 0 N–H and O–H groups in total. The Kier molecular flexibility index (Phi) is 7.14. The Morgan fingerprint density at radius 3 is 1.71 bits per heavy atom. The summed E-state index contributed by atoms with van der Waals surface area (Å²) < 4.78 is 2.34. The molecule has 4 heteroatoms. The molecule has 4 nitrogen and oxygen atoms in total. The fourth-order valence-corrected chi connectivity index (χ4v) is 8.32. The molecule has 55 heavy (non-hydrogen) atoms. The van der Waals surface area contributed by atoms with E-state index in [4.69, 9.17) is 15.0 Å². The molecule has 0 unspecified atom stereocenters. The Balaban J connectivity index is 1.14. The standard InChI is InChI=1S/C51H32N4/c1-4-15-33(16-5-1)42-31-45-48(41-24-13-12-23-40(41)42)47-38-22-11-10-17-34(38)27-29-44(47)55(45)46-30-28-37(32-52-46)39-25-14-26-43-51(39)54-50(36-20-8-3-9-21-36)49(53-43)35-18-6-2-7-19-35/h1-32H. The summed E-state index contributed by atoms with van der Waals surface area (Å²) in [5.41, 5.74) is 12.1. The molecule has 0 aliphatic carbocycles. The van der Waals surface area contributed by atoms with Crippen LogP contribution in [-0.4, -0.2) is 19.5 Å². The first kappa shape index (κ1) is 31.1. The number of para-hydroxylation sites is 1. The lowest BCUT2D eigenvalue weighted by molar-refractivity contribution is 1.08. The van der Waals surface area contributed by atoms with Crippen LogP contribution in [0, 0.1) is 0 Å². The maximum Gasteiger partial charge on any atom is 0.137 e. The second kappa shape index (κ2) is 12.6. The Morgan fingerprint density at radius 1 is 0.382 bits per heavy atom. The fourth-order valence-electron chi connectivity index (χ4n) is 8.32. The van der Waals surface area contributed by atoms with E-state index in [1.807, 2.05) is 48.7 Å². The van der Waals surface area contributed by atoms with Gasteiger partial charge in [0.1, 0.15) is 5.82 Å². The van der Waals surface area contributed by atoms with Gasteiger partial charge in [0.2, 0.25) is 0 Å². The van der Waals surface area contributed by atoms with Crippen molar-refractivity contribution in [1.29, 1.82) is 0 Å². The Labute approximate surface area is 317 Å². The number of benzene rings is 8. The highest BCUT2D eigenvalue weighted by Gasteiger charge is 2.21. The van der Waals surface area contributed by atoms with Gasteiger partial charge in [-0.25, -0.2) is 15.0 Å². The molecule has 0 atom stereocenters. The van der Waals surface area contributed by atoms with E-state index in [9.17, 15) is 0 Å². The zero-order chi connectivity index (χ0) is 36.3. The second-order valence-corrected chi connectivity index (χ2v) is 14.0. The van der Waals surface area contributed by atoms with Crippen LogP contribution in [0.5, 0.6) is 0 Å². The largest absolute Gasteiger partial charge is 0.294 e. The van der Waals surface area contributed by atoms with Crippen LogP contribution in [0.25, 0.3) is 105 Å². The van der Waals surface area contributed by atoms with Crippen molar-refractivity contribution in [2.24, 2.45) is 0 Å². The summed E-state index contributed by atoms with van der Waals surface area (Å²) in [6.07, 6.45) is 1.98. The van der Waals surface area contributed by atoms with Crippen molar-refractivity contribution in [3.8, 4) is 50.6 Å². The third-order valence-electron chi connectivity index (χ3n) is 10.8. The summed E-state index contributed by atoms with van der Waals surface area (Å²) in [5.74, 6) is 0.857. The van der Waals surface area contributed by atoms with Gasteiger partial charge in [0.25, 0.3) is 0 Å². The van der Waals surface area contributed by atoms with E-state index in [0.717, 1.165) is 61.5 Å². The molecule has 0 spiro atoms. The normalized spacial score (nSPS) is 11.6. The van der Waals surface area contributed by atoms with Crippen molar-refractivity contribution in [3.05, 3.63) is 194 Å². The molecule has 0 aliphatic heterocycles. The van der Waals surface area contributed by atoms with Gasteiger partial charge in [-0.1, -0.05) is 158 Å². The summed E-state index contributed by atoms with van der Waals surface area (Å²) in [6.45, 7) is 0. The van der Waals surface area contributed by atoms with Gasteiger partial charge in [0.05, 0.1) is 33.5 Å². The summed E-state index contributed by atoms with van der Waals surface area (Å²) in [6, 6.07) is 66.2. The molecule has 11 rings (SSSR count). The lowest BCUT2D eigenvalue weighted by Gasteiger charge is -2.14. The van der Waals surface area contributed by atoms with E-state index in [-0.39, 0.29) is 0 Å². The molecule has 3 aromatic heterocycles. The van der Waals surface area contributed by atoms with Crippen molar-refractivity contribution in [2.45, 2.75) is 0 Å². The number of aromatic nitrogens is 4. The number of hydrogen-bond acceptors (Lipinski definition) is 3. The number of nitrogens with zero attached hydrogens (tertiary/aromatic N) is 4. The van der Waals surface area contributed by atoms with Gasteiger partial charge in [-0.05, 0) is 63.0 Å². The summed E-state index contributed by atoms with van der Waals surface area (Å²) in [7, 11) is 0. The predicted molar refractivity (Wildman–Crippen MR) is 228 cm³/mol. The zero-order valence-corrected chi connectivity index (χ0v) is 29.8. The van der Waals surface area contributed by atoms with Gasteiger partial charge in [0.15, 0.2) is 0 Å². The topological polar surface area (TPSA) is 43.6 Å². The number of fused-ring (bicyclic) bond motifs is 8. The van der Waals surface area contributed by atoms with Gasteiger partial charge in [0, 0.05) is 39.2 Å². The molecular weight excluding hydrogens is 669 g/mol. The minimum Gasteiger partial charge on any atom is -0.294 e. The van der Waals surface area contributed by atoms with Crippen LogP contribution in [0.4, 0.5) is 0 Å². The van der Waals surface area contributed by atoms with Gasteiger partial charge in [-0.3, -0.25) is 4.57 Å². The van der Waals surface area contributed by atoms with Crippen molar-refractivity contribution in [2.75, 3.05) is 0 Å². The van der Waals surface area contributed by atoms with Crippen molar-refractivity contribution in [1.82, 2.24) is 19.5 Å². The third-order valence-corrected chi connectivity index (χ3v) is 10.8. The maximum absolute atomic E-state index is 5.35. The lowest BCUT2D eigenvalue weighted by Crippen LogP contribution is -1.99. The Bertz CT molecular complexity index is 3220. The SMILES string of the molecule is c1ccc(-c2nc3cccc(-c4ccc(-n5c6ccc7ccccc7c6c6c7ccccc7c(-c7ccccc7)cc65)nc4)c3nc2-c2ccccc2)cc1. The lowest BCUT2D eigenvalue weighted by atomic mass is 9.94. The van der Waals surface area contributed by atoms with Crippen molar-refractivity contribution < 1.29 is 0 Å². The highest BCUT2D eigenvalue weighted by Crippen LogP contribution is 2.44. The molecule has 256 valence electrons. The molecule has 0 bridgehead atoms. The van der Waals surface area contributed by atoms with E-state index >= 15 is 0 Å². The van der Waals surface area contributed by atoms with Crippen LogP contribution >= 0.6 is 0 Å². The van der Waals surface area contributed by atoms with Gasteiger partial charge < -0.3 is 0 Å². The molecule has 8 aromatic carbocycles. The highest BCUT2D eigenvalue weighted by molar-refractivity contribution is 6.30. The van der Waals surface area contributed by atoms with Gasteiger partial charge in [-0.15, -0.1) is 0 Å². The first-order valence-corrected chi connectivity index (χ1v) is 18.6. The number of hydrogen-bond donors (Lipinski definition) is 0. The molecule has 0 saturated heterocycles. The number of pyridine rings is 1. The predicted octanol–water partition coefficient (Wildman–Crippen LogP) is 13.1. The van der Waals surface area contributed by atoms with E-state index in [0.29, 0.717) is 0 Å². The fraction of sp³-hybridized carbons (Fsp3) is 0. The van der Waals surface area contributed by atoms with E-state index in [2.05, 4.69) is 150 Å². The summed E-state index contributed by atoms with van der Waals surface area (Å²) in [4.78, 5) is 15.8. The second-order valence-electron chi connectivity index (χ2n) is 14.0.